The van der Waals surface area contributed by atoms with Crippen LogP contribution in [-0.2, 0) is 75.9 Å². The van der Waals surface area contributed by atoms with Crippen LogP contribution in [0.5, 0.6) is 0 Å². The summed E-state index contributed by atoms with van der Waals surface area (Å²) >= 11 is 0. The minimum absolute atomic E-state index is 0.0196. The second kappa shape index (κ2) is 34.0. The molecular weight excluding hydrogens is 1290 g/mol. The van der Waals surface area contributed by atoms with Gasteiger partial charge >= 0.3 is 6.15 Å². The monoisotopic (exact) mass is 1420 g/mol. The van der Waals surface area contributed by atoms with Crippen molar-refractivity contribution >= 4 is 6.15 Å². The summed E-state index contributed by atoms with van der Waals surface area (Å²) in [4.78, 5) is 16.2. The molecule has 574 valence electrons. The van der Waals surface area contributed by atoms with Gasteiger partial charge < -0.3 is 71.4 Å². The zero-order chi connectivity index (χ0) is 72.6. The van der Waals surface area contributed by atoms with Crippen molar-refractivity contribution in [1.29, 1.82) is 0 Å². The third kappa shape index (κ3) is 16.7. The Morgan fingerprint density at radius 3 is 1.25 bits per heavy atom. The molecule has 17 nitrogen and oxygen atoms in total. The molecule has 16 aliphatic rings. The highest BCUT2D eigenvalue weighted by molar-refractivity contribution is 5.20. The van der Waals surface area contributed by atoms with Gasteiger partial charge in [0.25, 0.3) is 0 Å². The molecule has 0 aromatic rings. The van der Waals surface area contributed by atoms with Crippen molar-refractivity contribution in [2.75, 3.05) is 6.61 Å². The van der Waals surface area contributed by atoms with Crippen molar-refractivity contribution in [1.82, 2.24) is 0 Å². The molecule has 16 aliphatic heterocycles. The van der Waals surface area contributed by atoms with Crippen molar-refractivity contribution in [2.45, 2.75) is 388 Å². The first-order valence-corrected chi connectivity index (χ1v) is 40.8. The third-order valence-electron chi connectivity index (χ3n) is 27.9. The topological polar surface area (TPSA) is 184 Å². The van der Waals surface area contributed by atoms with E-state index >= 15 is 0 Å². The number of hydrogen-bond donors (Lipinski definition) is 1. The molecule has 16 heterocycles. The van der Waals surface area contributed by atoms with E-state index in [0.717, 1.165) is 148 Å². The van der Waals surface area contributed by atoms with Crippen LogP contribution in [0.4, 0.5) is 0 Å². The van der Waals surface area contributed by atoms with Crippen LogP contribution >= 0.6 is 0 Å². The average Bonchev–Trinajstić information content (AvgIpc) is 1.56. The van der Waals surface area contributed by atoms with Crippen molar-refractivity contribution in [3.8, 4) is 0 Å². The molecule has 16 saturated heterocycles. The largest absolute Gasteiger partial charge is 0.396 e. The third-order valence-corrected chi connectivity index (χ3v) is 27.9. The van der Waals surface area contributed by atoms with Crippen molar-refractivity contribution < 1.29 is 81.0 Å². The predicted octanol–water partition coefficient (Wildman–Crippen LogP) is 15.4. The maximum atomic E-state index is 9.90. The molecule has 4 unspecified atom stereocenters. The highest BCUT2D eigenvalue weighted by Crippen LogP contribution is 2.57. The van der Waals surface area contributed by atoms with Gasteiger partial charge in [0.15, 0.2) is 11.6 Å². The van der Waals surface area contributed by atoms with Crippen molar-refractivity contribution in [2.24, 2.45) is 59.2 Å². The molecule has 12 bridgehead atoms. The lowest BCUT2D eigenvalue weighted by atomic mass is 9.79. The number of ether oxygens (including phenoxy) is 14. The van der Waals surface area contributed by atoms with Gasteiger partial charge in [-0.25, -0.2) is 0 Å². The minimum Gasteiger partial charge on any atom is -0.396 e. The Kier molecular flexibility index (Phi) is 26.3. The highest BCUT2D eigenvalue weighted by Gasteiger charge is 2.69. The first-order chi connectivity index (χ1) is 49.0. The summed E-state index contributed by atoms with van der Waals surface area (Å²) in [6, 6.07) is 0. The molecule has 0 spiro atoms. The van der Waals surface area contributed by atoms with Crippen molar-refractivity contribution in [3.05, 3.63) is 73.9 Å². The van der Waals surface area contributed by atoms with Gasteiger partial charge in [0, 0.05) is 57.0 Å². The molecule has 0 radical (unpaired) electrons. The Morgan fingerprint density at radius 1 is 0.461 bits per heavy atom. The number of hydrogen-bond acceptors (Lipinski definition) is 17. The molecule has 0 aliphatic carbocycles. The van der Waals surface area contributed by atoms with Gasteiger partial charge in [-0.15, -0.1) is 13.2 Å². The predicted molar refractivity (Wildman–Crippen MR) is 389 cm³/mol. The maximum Gasteiger partial charge on any atom is 0.373 e. The van der Waals surface area contributed by atoms with Gasteiger partial charge in [-0.3, -0.25) is 0 Å². The molecular formula is C85H132O17. The van der Waals surface area contributed by atoms with Gasteiger partial charge in [-0.05, 0) is 166 Å². The second-order valence-corrected chi connectivity index (χ2v) is 34.7. The van der Waals surface area contributed by atoms with Crippen LogP contribution in [0.3, 0.4) is 0 Å². The fourth-order valence-corrected chi connectivity index (χ4v) is 21.2. The van der Waals surface area contributed by atoms with E-state index < -0.39 is 11.6 Å². The molecule has 16 fully saturated rings. The van der Waals surface area contributed by atoms with E-state index in [-0.39, 0.29) is 165 Å². The molecule has 0 aromatic carbocycles. The fraction of sp³-hybridized carbons (Fsp3) is 0.847. The van der Waals surface area contributed by atoms with E-state index in [0.29, 0.717) is 53.4 Å². The van der Waals surface area contributed by atoms with E-state index in [1.165, 1.54) is 28.7 Å². The van der Waals surface area contributed by atoms with Gasteiger partial charge in [0.2, 0.25) is 0 Å². The molecule has 1 N–H and O–H groups in total. The standard InChI is InChI=1S/C42H66O8.C42H66O7.CO2/c1-9-11-33-28(8)38-40-41(47-33)39-37(48-40)22-42(49-38,50-39)16-14-30-20-25(5)32(44-30)13-12-29-19-24(4)26(6)35(45-29)21-36-31(15-17-43)27(7)34(46-36)18-23(3)10-2;1-10-13-33-28(9)38-40-41(46-33)39-37(47-40)22-42(48-38,49-39)17-16-30-20-25(6)32(43-30)15-14-29-19-24(5)26(7)35(44-29)21-36-31(12-3)27(8)34(45-36)18-23(4)11-2;2-1-3/h9,23-24,27-41,43H,1,5-6,10-22H2,2-4,7-8H3;10,23-24,27-41H,1,6-7,11-22H2,2-5,8-9H3;/t2*23-,24-,27-,28+,29+,30+,31-,32?,33+,34-,35-,36?,37-,38+,39+,40+,41+,42-;/m11./s1. The summed E-state index contributed by atoms with van der Waals surface area (Å²) in [5, 5.41) is 9.90. The number of aliphatic hydroxyl groups is 1. The van der Waals surface area contributed by atoms with Gasteiger partial charge in [0.05, 0.1) is 110 Å². The molecule has 0 amide bonds. The Bertz CT molecular complexity index is 2890. The first-order valence-electron chi connectivity index (χ1n) is 40.8. The van der Waals surface area contributed by atoms with E-state index in [2.05, 4.69) is 116 Å². The van der Waals surface area contributed by atoms with Crippen LogP contribution in [0.2, 0.25) is 0 Å². The molecule has 0 saturated carbocycles. The molecule has 36 atom stereocenters. The van der Waals surface area contributed by atoms with Gasteiger partial charge in [0.1, 0.15) is 36.6 Å². The minimum atomic E-state index is -0.637. The van der Waals surface area contributed by atoms with Gasteiger partial charge in [-0.1, -0.05) is 134 Å². The quantitative estimate of drug-likeness (QED) is 0.0697. The number of aliphatic hydroxyl groups excluding tert-OH is 1. The Morgan fingerprint density at radius 2 is 0.853 bits per heavy atom. The lowest BCUT2D eigenvalue weighted by Crippen LogP contribution is -2.54. The van der Waals surface area contributed by atoms with Gasteiger partial charge in [-0.2, -0.15) is 9.59 Å². The number of rotatable bonds is 29. The molecule has 17 heteroatoms. The summed E-state index contributed by atoms with van der Waals surface area (Å²) in [5.41, 5.74) is 4.83. The fourth-order valence-electron chi connectivity index (χ4n) is 21.2. The summed E-state index contributed by atoms with van der Waals surface area (Å²) < 4.78 is 93.8. The van der Waals surface area contributed by atoms with Crippen LogP contribution in [0.1, 0.15) is 230 Å². The average molecular weight is 1430 g/mol. The van der Waals surface area contributed by atoms with E-state index in [4.69, 9.17) is 75.9 Å². The number of carbonyl (C=O) groups excluding carboxylic acids is 2. The summed E-state index contributed by atoms with van der Waals surface area (Å²) in [7, 11) is 0. The Hall–Kier alpha value is -2.78. The van der Waals surface area contributed by atoms with Crippen LogP contribution in [0.15, 0.2) is 73.9 Å². The summed E-state index contributed by atoms with van der Waals surface area (Å²) in [6.45, 7) is 51.4. The maximum absolute atomic E-state index is 9.90. The van der Waals surface area contributed by atoms with E-state index in [9.17, 15) is 5.11 Å². The second-order valence-electron chi connectivity index (χ2n) is 34.7. The molecule has 102 heavy (non-hydrogen) atoms. The Labute approximate surface area is 612 Å². The molecule has 16 rings (SSSR count). The smallest absolute Gasteiger partial charge is 0.373 e. The van der Waals surface area contributed by atoms with Crippen LogP contribution < -0.4 is 0 Å². The van der Waals surface area contributed by atoms with E-state index in [1.807, 2.05) is 12.2 Å². The Balaban J connectivity index is 0.000000186. The lowest BCUT2D eigenvalue weighted by molar-refractivity contribution is -0.263. The SMILES string of the molecule is C=CC[C@@H]1O[C@@H]2[C@H]3O[C@@H]4C[C@@](CC[C@H]5CC(=C)C(CC[C@H]6C[C@@H](C)C(=C)[C@@H](CC7O[C@H](C[C@H](C)CC)[C@H](C)[C@H]7CC)O6)O5)(O[C@H]24)O[C@H]3[C@H]1C.C=CC[C@@H]1O[C@@H]2[C@H]3O[C@@H]4C[C@@](CC[C@H]5CC(=C)C(CC[C@H]6C[C@@H](C)C(=C)[C@@H](CC7O[C@H](C[C@H](C)CC)[C@H](C)[C@H]7CCO)O6)O5)(O[C@H]24)O[C@H]3[C@H]1C.O=C=O. The summed E-state index contributed by atoms with van der Waals surface area (Å²) in [6.07, 6.45) is 28.1. The normalized spacial score (nSPS) is 47.8. The zero-order valence-corrected chi connectivity index (χ0v) is 64.2. The summed E-state index contributed by atoms with van der Waals surface area (Å²) in [5.74, 6) is 3.31. The first kappa shape index (κ1) is 78.8. The van der Waals surface area contributed by atoms with Crippen LogP contribution in [0, 0.1) is 59.2 Å². The lowest BCUT2D eigenvalue weighted by Gasteiger charge is -2.42. The molecule has 0 aromatic heterocycles. The van der Waals surface area contributed by atoms with Crippen molar-refractivity contribution in [3.63, 3.8) is 0 Å². The zero-order valence-electron chi connectivity index (χ0n) is 64.2. The van der Waals surface area contributed by atoms with E-state index in [1.54, 1.807) is 0 Å². The highest BCUT2D eigenvalue weighted by atomic mass is 16.8. The van der Waals surface area contributed by atoms with Crippen LogP contribution in [0.25, 0.3) is 0 Å². The van der Waals surface area contributed by atoms with Crippen LogP contribution in [-0.4, -0.2) is 176 Å².